The van der Waals surface area contributed by atoms with Crippen molar-refractivity contribution in [3.8, 4) is 11.5 Å². The van der Waals surface area contributed by atoms with Crippen molar-refractivity contribution in [2.45, 2.75) is 6.92 Å². The van der Waals surface area contributed by atoms with E-state index in [0.29, 0.717) is 34.0 Å². The van der Waals surface area contributed by atoms with Gasteiger partial charge in [-0.15, -0.1) is 0 Å². The zero-order valence-corrected chi connectivity index (χ0v) is 18.9. The maximum Gasteiger partial charge on any atom is 0.343 e. The fraction of sp³-hybridized carbons (Fsp3) is 0.0800. The molecule has 0 fully saturated rings. The highest BCUT2D eigenvalue weighted by molar-refractivity contribution is 6.39. The number of hydrogen-bond acceptors (Lipinski definition) is 7. The number of carbonyl (C=O) groups excluding carboxylic acids is 4. The minimum Gasteiger partial charge on any atom is -0.497 e. The molecule has 0 aromatic heterocycles. The van der Waals surface area contributed by atoms with Crippen molar-refractivity contribution in [2.24, 2.45) is 10.8 Å². The molecule has 0 atom stereocenters. The van der Waals surface area contributed by atoms with Crippen molar-refractivity contribution >= 4 is 35.1 Å². The maximum atomic E-state index is 12.3. The van der Waals surface area contributed by atoms with Crippen LogP contribution in [0.5, 0.6) is 11.5 Å². The number of anilines is 1. The summed E-state index contributed by atoms with van der Waals surface area (Å²) in [4.78, 5) is 47.5. The Morgan fingerprint density at radius 2 is 1.46 bits per heavy atom. The molecule has 4 N–H and O–H groups in total. The maximum absolute atomic E-state index is 12.3. The van der Waals surface area contributed by atoms with Crippen LogP contribution in [0.3, 0.4) is 0 Å². The lowest BCUT2D eigenvalue weighted by atomic mass is 10.1. The molecule has 0 aliphatic carbocycles. The van der Waals surface area contributed by atoms with E-state index in [4.69, 9.17) is 15.2 Å². The van der Waals surface area contributed by atoms with Crippen LogP contribution in [-0.4, -0.2) is 36.5 Å². The quantitative estimate of drug-likeness (QED) is 0.157. The van der Waals surface area contributed by atoms with Gasteiger partial charge in [-0.25, -0.2) is 10.2 Å². The number of primary amides is 1. The lowest BCUT2D eigenvalue weighted by Gasteiger charge is -2.07. The Bertz CT molecular complexity index is 1280. The van der Waals surface area contributed by atoms with Crippen molar-refractivity contribution in [1.29, 1.82) is 0 Å². The van der Waals surface area contributed by atoms with Crippen molar-refractivity contribution in [3.05, 3.63) is 89.5 Å². The van der Waals surface area contributed by atoms with Gasteiger partial charge in [0.1, 0.15) is 11.5 Å². The fourth-order valence-corrected chi connectivity index (χ4v) is 2.84. The minimum absolute atomic E-state index is 0.272. The van der Waals surface area contributed by atoms with Gasteiger partial charge < -0.3 is 20.5 Å². The number of esters is 1. The molecule has 3 rings (SSSR count). The van der Waals surface area contributed by atoms with Gasteiger partial charge in [-0.3, -0.25) is 14.4 Å². The molecule has 0 aliphatic rings. The van der Waals surface area contributed by atoms with E-state index in [1.807, 2.05) is 0 Å². The number of hydrogen-bond donors (Lipinski definition) is 3. The topological polar surface area (TPSA) is 149 Å². The number of nitrogens with one attached hydrogen (secondary N) is 2. The summed E-state index contributed by atoms with van der Waals surface area (Å²) in [5, 5.41) is 6.31. The molecular formula is C25H22N4O6. The summed E-state index contributed by atoms with van der Waals surface area (Å²) in [5.74, 6) is -2.20. The van der Waals surface area contributed by atoms with Gasteiger partial charge in [-0.2, -0.15) is 5.10 Å². The van der Waals surface area contributed by atoms with Crippen molar-refractivity contribution in [1.82, 2.24) is 5.43 Å². The molecule has 0 radical (unpaired) electrons. The van der Waals surface area contributed by atoms with Gasteiger partial charge in [0.2, 0.25) is 5.91 Å². The summed E-state index contributed by atoms with van der Waals surface area (Å²) in [7, 11) is 1.51. The summed E-state index contributed by atoms with van der Waals surface area (Å²) < 4.78 is 10.5. The number of methoxy groups -OCH3 is 1. The molecular weight excluding hydrogens is 452 g/mol. The van der Waals surface area contributed by atoms with E-state index in [1.54, 1.807) is 55.5 Å². The van der Waals surface area contributed by atoms with Gasteiger partial charge in [0.05, 0.1) is 18.4 Å². The first-order valence-electron chi connectivity index (χ1n) is 10.3. The molecule has 0 bridgehead atoms. The number of ether oxygens (including phenoxy) is 2. The zero-order chi connectivity index (χ0) is 25.4. The fourth-order valence-electron chi connectivity index (χ4n) is 2.84. The third kappa shape index (κ3) is 6.75. The van der Waals surface area contributed by atoms with E-state index in [2.05, 4.69) is 15.8 Å². The highest BCUT2D eigenvalue weighted by Crippen LogP contribution is 2.17. The van der Waals surface area contributed by atoms with Crippen LogP contribution in [0.1, 0.15) is 33.2 Å². The smallest absolute Gasteiger partial charge is 0.343 e. The molecule has 0 spiro atoms. The molecule has 35 heavy (non-hydrogen) atoms. The second-order valence-electron chi connectivity index (χ2n) is 7.18. The lowest BCUT2D eigenvalue weighted by Crippen LogP contribution is -2.33. The van der Waals surface area contributed by atoms with Crippen LogP contribution in [0.15, 0.2) is 77.9 Å². The number of benzene rings is 3. The molecule has 3 aromatic rings. The summed E-state index contributed by atoms with van der Waals surface area (Å²) in [6, 6.07) is 18.8. The number of carbonyl (C=O) groups is 4. The second kappa shape index (κ2) is 11.2. The third-order valence-corrected chi connectivity index (χ3v) is 4.75. The van der Waals surface area contributed by atoms with Crippen molar-refractivity contribution < 1.29 is 28.7 Å². The molecule has 0 unspecified atom stereocenters. The van der Waals surface area contributed by atoms with Crippen LogP contribution < -0.4 is 25.9 Å². The highest BCUT2D eigenvalue weighted by Gasteiger charge is 2.14. The Balaban J connectivity index is 1.56. The van der Waals surface area contributed by atoms with Gasteiger partial charge in [-0.1, -0.05) is 6.07 Å². The lowest BCUT2D eigenvalue weighted by molar-refractivity contribution is -0.136. The molecule has 0 aliphatic heterocycles. The number of amides is 3. The van der Waals surface area contributed by atoms with Crippen LogP contribution in [-0.2, 0) is 9.59 Å². The summed E-state index contributed by atoms with van der Waals surface area (Å²) in [5.41, 5.74) is 9.32. The average Bonchev–Trinajstić information content (AvgIpc) is 2.87. The van der Waals surface area contributed by atoms with E-state index in [0.717, 1.165) is 0 Å². The van der Waals surface area contributed by atoms with E-state index in [-0.39, 0.29) is 5.56 Å². The Kier molecular flexibility index (Phi) is 7.91. The normalized spacial score (nSPS) is 10.7. The predicted molar refractivity (Wildman–Crippen MR) is 128 cm³/mol. The van der Waals surface area contributed by atoms with E-state index in [9.17, 15) is 19.2 Å². The Morgan fingerprint density at radius 1 is 0.800 bits per heavy atom. The molecule has 178 valence electrons. The average molecular weight is 474 g/mol. The van der Waals surface area contributed by atoms with Crippen LogP contribution in [0.25, 0.3) is 0 Å². The van der Waals surface area contributed by atoms with Gasteiger partial charge >= 0.3 is 17.8 Å². The minimum atomic E-state index is -0.979. The zero-order valence-electron chi connectivity index (χ0n) is 18.9. The van der Waals surface area contributed by atoms with Gasteiger partial charge in [0, 0.05) is 11.3 Å². The van der Waals surface area contributed by atoms with Crippen molar-refractivity contribution in [2.75, 3.05) is 12.4 Å². The first-order chi connectivity index (χ1) is 16.8. The van der Waals surface area contributed by atoms with Crippen LogP contribution in [0.4, 0.5) is 5.69 Å². The Labute approximate surface area is 200 Å². The summed E-state index contributed by atoms with van der Waals surface area (Å²) >= 11 is 0. The number of nitrogens with two attached hydrogens (primary N) is 1. The van der Waals surface area contributed by atoms with E-state index >= 15 is 0 Å². The summed E-state index contributed by atoms with van der Waals surface area (Å²) in [6.45, 7) is 1.64. The van der Waals surface area contributed by atoms with Crippen molar-refractivity contribution in [3.63, 3.8) is 0 Å². The Morgan fingerprint density at radius 3 is 2.09 bits per heavy atom. The highest BCUT2D eigenvalue weighted by atomic mass is 16.5. The number of nitrogens with zero attached hydrogens (tertiary/aromatic N) is 1. The first-order valence-corrected chi connectivity index (χ1v) is 10.3. The largest absolute Gasteiger partial charge is 0.497 e. The number of hydrazone groups is 1. The summed E-state index contributed by atoms with van der Waals surface area (Å²) in [6.07, 6.45) is 0. The predicted octanol–water partition coefficient (Wildman–Crippen LogP) is 2.49. The van der Waals surface area contributed by atoms with Crippen LogP contribution in [0, 0.1) is 0 Å². The monoisotopic (exact) mass is 474 g/mol. The van der Waals surface area contributed by atoms with E-state index in [1.165, 1.54) is 31.4 Å². The molecule has 10 nitrogen and oxygen atoms in total. The van der Waals surface area contributed by atoms with E-state index < -0.39 is 23.7 Å². The first kappa shape index (κ1) is 24.6. The standard InChI is InChI=1S/C25H22N4O6/c1-15(28-29-24(32)23(31)27-19-10-6-17(7-11-19)22(26)30)16-8-12-20(13-9-16)35-25(33)18-4-3-5-21(14-18)34-2/h3-14H,1-2H3,(H2,26,30)(H,27,31)(H,29,32)/b28-15+. The molecule has 0 saturated carbocycles. The van der Waals surface area contributed by atoms with Gasteiger partial charge in [0.15, 0.2) is 0 Å². The molecule has 3 aromatic carbocycles. The van der Waals surface area contributed by atoms with Crippen LogP contribution in [0.2, 0.25) is 0 Å². The van der Waals surface area contributed by atoms with Gasteiger partial charge in [-0.05, 0) is 79.2 Å². The molecule has 3 amide bonds. The Hall–Kier alpha value is -4.99. The van der Waals surface area contributed by atoms with Gasteiger partial charge in [0.25, 0.3) is 0 Å². The molecule has 0 saturated heterocycles. The number of rotatable bonds is 7. The third-order valence-electron chi connectivity index (χ3n) is 4.75. The van der Waals surface area contributed by atoms with Crippen LogP contribution >= 0.6 is 0 Å². The molecule has 0 heterocycles. The molecule has 10 heteroatoms. The SMILES string of the molecule is COc1cccc(C(=O)Oc2ccc(/C(C)=N/NC(=O)C(=O)Nc3ccc(C(N)=O)cc3)cc2)c1. The second-order valence-corrected chi connectivity index (χ2v) is 7.18.